The van der Waals surface area contributed by atoms with Crippen molar-refractivity contribution >= 4 is 35.9 Å². The lowest BCUT2D eigenvalue weighted by atomic mass is 10.00. The van der Waals surface area contributed by atoms with Crippen molar-refractivity contribution in [3.8, 4) is 0 Å². The van der Waals surface area contributed by atoms with Gasteiger partial charge in [-0.15, -0.1) is 24.0 Å². The standard InChI is InChI=1S/C20H29N5O3.HI/c1-5-21-19(23-14-20(3,27)17-12-24-25(4)13-17)22-11-15-7-9-16(10-8-15)18(26)28-6-2;/h7-10,12-13,27H,5-6,11,14H2,1-4H3,(H2,21,22,23);1H. The molecule has 160 valence electrons. The van der Waals surface area contributed by atoms with E-state index in [1.54, 1.807) is 43.1 Å². The molecule has 3 N–H and O–H groups in total. The highest BCUT2D eigenvalue weighted by atomic mass is 127. The Hall–Kier alpha value is -2.14. The molecule has 1 unspecified atom stereocenters. The maximum Gasteiger partial charge on any atom is 0.338 e. The molecule has 1 heterocycles. The summed E-state index contributed by atoms with van der Waals surface area (Å²) in [4.78, 5) is 16.2. The second kappa shape index (κ2) is 11.8. The molecule has 0 bridgehead atoms. The number of esters is 1. The molecule has 0 aliphatic carbocycles. The number of carbonyl (C=O) groups excluding carboxylic acids is 1. The lowest BCUT2D eigenvalue weighted by Crippen LogP contribution is -2.44. The largest absolute Gasteiger partial charge is 0.462 e. The molecule has 29 heavy (non-hydrogen) atoms. The van der Waals surface area contributed by atoms with E-state index in [0.717, 1.165) is 11.1 Å². The number of hydrogen-bond donors (Lipinski definition) is 3. The van der Waals surface area contributed by atoms with E-state index in [9.17, 15) is 9.90 Å². The predicted octanol–water partition coefficient (Wildman–Crippen LogP) is 2.18. The van der Waals surface area contributed by atoms with Gasteiger partial charge in [-0.1, -0.05) is 12.1 Å². The number of ether oxygens (including phenoxy) is 1. The van der Waals surface area contributed by atoms with Crippen molar-refractivity contribution < 1.29 is 14.6 Å². The molecular formula is C20H30IN5O3. The molecule has 1 aromatic carbocycles. The summed E-state index contributed by atoms with van der Waals surface area (Å²) in [5.74, 6) is 0.270. The van der Waals surface area contributed by atoms with Crippen LogP contribution in [-0.4, -0.2) is 46.5 Å². The van der Waals surface area contributed by atoms with Gasteiger partial charge < -0.3 is 20.5 Å². The number of aliphatic hydroxyl groups is 1. The molecule has 0 saturated carbocycles. The fraction of sp³-hybridized carbons (Fsp3) is 0.450. The quantitative estimate of drug-likeness (QED) is 0.216. The second-order valence-corrected chi connectivity index (χ2v) is 6.64. The van der Waals surface area contributed by atoms with Gasteiger partial charge in [-0.2, -0.15) is 5.10 Å². The van der Waals surface area contributed by atoms with Gasteiger partial charge in [0.05, 0.1) is 31.5 Å². The van der Waals surface area contributed by atoms with Crippen molar-refractivity contribution in [1.29, 1.82) is 0 Å². The molecule has 0 saturated heterocycles. The van der Waals surface area contributed by atoms with Crippen molar-refractivity contribution in [2.24, 2.45) is 12.0 Å². The van der Waals surface area contributed by atoms with Crippen LogP contribution in [0.25, 0.3) is 0 Å². The lowest BCUT2D eigenvalue weighted by Gasteiger charge is -2.23. The van der Waals surface area contributed by atoms with E-state index in [4.69, 9.17) is 4.74 Å². The summed E-state index contributed by atoms with van der Waals surface area (Å²) < 4.78 is 6.64. The summed E-state index contributed by atoms with van der Waals surface area (Å²) in [6.45, 7) is 7.26. The first-order chi connectivity index (χ1) is 13.4. The smallest absolute Gasteiger partial charge is 0.338 e. The van der Waals surface area contributed by atoms with Gasteiger partial charge >= 0.3 is 5.97 Å². The normalized spacial score (nSPS) is 13.2. The number of aromatic nitrogens is 2. The Morgan fingerprint density at radius 1 is 1.28 bits per heavy atom. The van der Waals surface area contributed by atoms with E-state index in [1.807, 2.05) is 26.1 Å². The monoisotopic (exact) mass is 515 g/mol. The Morgan fingerprint density at radius 3 is 2.52 bits per heavy atom. The number of hydrogen-bond acceptors (Lipinski definition) is 5. The fourth-order valence-corrected chi connectivity index (χ4v) is 2.53. The average molecular weight is 515 g/mol. The third kappa shape index (κ3) is 7.65. The van der Waals surface area contributed by atoms with Crippen molar-refractivity contribution in [3.63, 3.8) is 0 Å². The maximum absolute atomic E-state index is 11.7. The lowest BCUT2D eigenvalue weighted by molar-refractivity contribution is 0.0526. The summed E-state index contributed by atoms with van der Waals surface area (Å²) in [7, 11) is 1.81. The van der Waals surface area contributed by atoms with E-state index in [-0.39, 0.29) is 36.5 Å². The molecule has 2 rings (SSSR count). The molecule has 0 radical (unpaired) electrons. The number of benzene rings is 1. The van der Waals surface area contributed by atoms with Crippen LogP contribution >= 0.6 is 24.0 Å². The summed E-state index contributed by atoms with van der Waals surface area (Å²) >= 11 is 0. The van der Waals surface area contributed by atoms with Gasteiger partial charge in [-0.25, -0.2) is 9.79 Å². The zero-order chi connectivity index (χ0) is 20.6. The molecule has 0 aliphatic heterocycles. The summed E-state index contributed by atoms with van der Waals surface area (Å²) in [6, 6.07) is 7.17. The number of rotatable bonds is 8. The Kier molecular flexibility index (Phi) is 10.1. The topological polar surface area (TPSA) is 101 Å². The first-order valence-corrected chi connectivity index (χ1v) is 9.35. The Labute approximate surface area is 188 Å². The first kappa shape index (κ1) is 24.9. The van der Waals surface area contributed by atoms with Gasteiger partial charge in [0.1, 0.15) is 5.60 Å². The average Bonchev–Trinajstić information content (AvgIpc) is 3.12. The molecular weight excluding hydrogens is 485 g/mol. The Bertz CT molecular complexity index is 803. The van der Waals surface area contributed by atoms with Crippen molar-refractivity contribution in [2.45, 2.75) is 32.9 Å². The van der Waals surface area contributed by atoms with Crippen LogP contribution in [0.5, 0.6) is 0 Å². The van der Waals surface area contributed by atoms with Gasteiger partial charge in [0.2, 0.25) is 0 Å². The molecule has 1 atom stereocenters. The minimum atomic E-state index is -1.08. The number of aryl methyl sites for hydroxylation is 1. The van der Waals surface area contributed by atoms with Crippen LogP contribution in [0.1, 0.15) is 42.3 Å². The molecule has 0 aliphatic rings. The number of nitrogens with one attached hydrogen (secondary N) is 2. The number of nitrogens with zero attached hydrogens (tertiary/aromatic N) is 3. The van der Waals surface area contributed by atoms with Crippen LogP contribution in [0.2, 0.25) is 0 Å². The van der Waals surface area contributed by atoms with Crippen LogP contribution in [-0.2, 0) is 23.9 Å². The van der Waals surface area contributed by atoms with Gasteiger partial charge in [0, 0.05) is 25.4 Å². The first-order valence-electron chi connectivity index (χ1n) is 9.35. The van der Waals surface area contributed by atoms with E-state index in [1.165, 1.54) is 0 Å². The molecule has 8 nitrogen and oxygen atoms in total. The van der Waals surface area contributed by atoms with Crippen LogP contribution in [0.3, 0.4) is 0 Å². The highest BCUT2D eigenvalue weighted by Gasteiger charge is 2.24. The van der Waals surface area contributed by atoms with E-state index >= 15 is 0 Å². The fourth-order valence-electron chi connectivity index (χ4n) is 2.53. The minimum Gasteiger partial charge on any atom is -0.462 e. The van der Waals surface area contributed by atoms with Crippen LogP contribution in [0, 0.1) is 0 Å². The highest BCUT2D eigenvalue weighted by Crippen LogP contribution is 2.18. The molecule has 0 amide bonds. The molecule has 1 aromatic heterocycles. The van der Waals surface area contributed by atoms with Crippen LogP contribution in [0.4, 0.5) is 0 Å². The minimum absolute atomic E-state index is 0. The van der Waals surface area contributed by atoms with Crippen molar-refractivity contribution in [3.05, 3.63) is 53.3 Å². The second-order valence-electron chi connectivity index (χ2n) is 6.64. The Balaban J connectivity index is 0.00000420. The third-order valence-corrected chi connectivity index (χ3v) is 4.16. The van der Waals surface area contributed by atoms with Gasteiger partial charge in [0.15, 0.2) is 5.96 Å². The molecule has 9 heteroatoms. The summed E-state index contributed by atoms with van der Waals surface area (Å²) in [5.41, 5.74) is 1.13. The number of halogens is 1. The van der Waals surface area contributed by atoms with Gasteiger partial charge in [-0.05, 0) is 38.5 Å². The highest BCUT2D eigenvalue weighted by molar-refractivity contribution is 14.0. The summed E-state index contributed by atoms with van der Waals surface area (Å²) in [6.07, 6.45) is 3.44. The molecule has 0 spiro atoms. The van der Waals surface area contributed by atoms with Gasteiger partial charge in [0.25, 0.3) is 0 Å². The van der Waals surface area contributed by atoms with E-state index in [2.05, 4.69) is 20.7 Å². The summed E-state index contributed by atoms with van der Waals surface area (Å²) in [5, 5.41) is 21.1. The Morgan fingerprint density at radius 2 is 1.97 bits per heavy atom. The van der Waals surface area contributed by atoms with Crippen LogP contribution in [0.15, 0.2) is 41.7 Å². The van der Waals surface area contributed by atoms with E-state index in [0.29, 0.717) is 31.2 Å². The van der Waals surface area contributed by atoms with E-state index < -0.39 is 5.60 Å². The predicted molar refractivity (Wildman–Crippen MR) is 123 cm³/mol. The molecule has 2 aromatic rings. The SMILES string of the molecule is CCNC(=NCc1ccc(C(=O)OCC)cc1)NCC(C)(O)c1cnn(C)c1.I. The number of aliphatic imine (C=N–C) groups is 1. The van der Waals surface area contributed by atoms with Crippen molar-refractivity contribution in [2.75, 3.05) is 19.7 Å². The maximum atomic E-state index is 11.7. The van der Waals surface area contributed by atoms with Crippen LogP contribution < -0.4 is 10.6 Å². The van der Waals surface area contributed by atoms with Crippen molar-refractivity contribution in [1.82, 2.24) is 20.4 Å². The molecule has 0 fully saturated rings. The zero-order valence-corrected chi connectivity index (χ0v) is 19.6. The zero-order valence-electron chi connectivity index (χ0n) is 17.3. The third-order valence-electron chi connectivity index (χ3n) is 4.16. The van der Waals surface area contributed by atoms with Gasteiger partial charge in [-0.3, -0.25) is 4.68 Å². The number of carbonyl (C=O) groups is 1. The number of guanidine groups is 1.